The fraction of sp³-hybridized carbons (Fsp3) is 0.947. The molecule has 0 aliphatic heterocycles. The lowest BCUT2D eigenvalue weighted by Crippen LogP contribution is -2.58. The van der Waals surface area contributed by atoms with Crippen molar-refractivity contribution in [2.45, 2.75) is 82.8 Å². The zero-order chi connectivity index (χ0) is 16.7. The van der Waals surface area contributed by atoms with E-state index < -0.39 is 17.2 Å². The highest BCUT2D eigenvalue weighted by molar-refractivity contribution is 5.78. The molecule has 0 aromatic heterocycles. The molecule has 4 aliphatic carbocycles. The molecule has 4 fully saturated rings. The van der Waals surface area contributed by atoms with Gasteiger partial charge >= 0.3 is 5.97 Å². The summed E-state index contributed by atoms with van der Waals surface area (Å²) in [6.07, 6.45) is 8.15. The van der Waals surface area contributed by atoms with Crippen LogP contribution in [0.2, 0.25) is 0 Å². The van der Waals surface area contributed by atoms with E-state index >= 15 is 0 Å². The number of fused-ring (bicyclic) bond motifs is 3. The molecule has 0 aromatic carbocycles. The SMILES string of the molecule is C[C@@]12CCC[C@@](C)(O)[C@H]1CC[C@@]13C[C@@H](CC[C@H]12)[C@](O)(C(=O)O)C3. The second kappa shape index (κ2) is 4.51. The zero-order valence-electron chi connectivity index (χ0n) is 14.3. The van der Waals surface area contributed by atoms with Crippen LogP contribution in [0.3, 0.4) is 0 Å². The van der Waals surface area contributed by atoms with Crippen LogP contribution < -0.4 is 0 Å². The van der Waals surface area contributed by atoms with Crippen LogP contribution in [0.5, 0.6) is 0 Å². The van der Waals surface area contributed by atoms with Crippen molar-refractivity contribution in [1.29, 1.82) is 0 Å². The lowest BCUT2D eigenvalue weighted by Gasteiger charge is -2.63. The number of carboxylic acids is 1. The Bertz CT molecular complexity index is 543. The highest BCUT2D eigenvalue weighted by Crippen LogP contribution is 2.71. The number of rotatable bonds is 1. The molecule has 4 heteroatoms. The first-order valence-electron chi connectivity index (χ1n) is 9.32. The summed E-state index contributed by atoms with van der Waals surface area (Å²) in [5.41, 5.74) is -2.04. The van der Waals surface area contributed by atoms with E-state index in [9.17, 15) is 20.1 Å². The van der Waals surface area contributed by atoms with E-state index in [1.54, 1.807) is 0 Å². The van der Waals surface area contributed by atoms with Gasteiger partial charge in [0, 0.05) is 0 Å². The fourth-order valence-electron chi connectivity index (χ4n) is 7.71. The van der Waals surface area contributed by atoms with Crippen molar-refractivity contribution < 1.29 is 20.1 Å². The normalized spacial score (nSPS) is 58.3. The van der Waals surface area contributed by atoms with Gasteiger partial charge in [0.2, 0.25) is 0 Å². The monoisotopic (exact) mass is 322 g/mol. The third-order valence-corrected chi connectivity index (χ3v) is 8.54. The largest absolute Gasteiger partial charge is 0.479 e. The molecule has 3 N–H and O–H groups in total. The topological polar surface area (TPSA) is 77.8 Å². The van der Waals surface area contributed by atoms with Crippen LogP contribution in [0.15, 0.2) is 0 Å². The first-order valence-corrected chi connectivity index (χ1v) is 9.32. The Morgan fingerprint density at radius 2 is 1.74 bits per heavy atom. The van der Waals surface area contributed by atoms with Crippen molar-refractivity contribution >= 4 is 5.97 Å². The molecule has 0 saturated heterocycles. The summed E-state index contributed by atoms with van der Waals surface area (Å²) >= 11 is 0. The van der Waals surface area contributed by atoms with Crippen LogP contribution in [-0.2, 0) is 4.79 Å². The molecule has 0 aromatic rings. The minimum atomic E-state index is -1.52. The number of aliphatic hydroxyl groups is 2. The molecule has 0 heterocycles. The molecule has 0 radical (unpaired) electrons. The van der Waals surface area contributed by atoms with E-state index in [1.807, 2.05) is 6.92 Å². The van der Waals surface area contributed by atoms with Gasteiger partial charge < -0.3 is 15.3 Å². The number of hydrogen-bond donors (Lipinski definition) is 3. The molecular weight excluding hydrogens is 292 g/mol. The van der Waals surface area contributed by atoms with Crippen LogP contribution in [-0.4, -0.2) is 32.5 Å². The molecular formula is C19H30O4. The fourth-order valence-corrected chi connectivity index (χ4v) is 7.71. The van der Waals surface area contributed by atoms with Gasteiger partial charge in [-0.3, -0.25) is 0 Å². The number of aliphatic carboxylic acids is 1. The molecule has 0 unspecified atom stereocenters. The predicted molar refractivity (Wildman–Crippen MR) is 85.8 cm³/mol. The maximum Gasteiger partial charge on any atom is 0.335 e. The smallest absolute Gasteiger partial charge is 0.335 e. The molecule has 7 atom stereocenters. The summed E-state index contributed by atoms with van der Waals surface area (Å²) in [6, 6.07) is 0. The summed E-state index contributed by atoms with van der Waals surface area (Å²) in [7, 11) is 0. The number of hydrogen-bond acceptors (Lipinski definition) is 3. The Balaban J connectivity index is 1.73. The molecule has 130 valence electrons. The molecule has 1 spiro atoms. The van der Waals surface area contributed by atoms with E-state index in [2.05, 4.69) is 6.92 Å². The molecule has 2 bridgehead atoms. The van der Waals surface area contributed by atoms with E-state index in [1.165, 1.54) is 0 Å². The molecule has 23 heavy (non-hydrogen) atoms. The molecule has 4 nitrogen and oxygen atoms in total. The predicted octanol–water partition coefficient (Wildman–Crippen LogP) is 2.96. The Hall–Kier alpha value is -0.610. The highest BCUT2D eigenvalue weighted by atomic mass is 16.4. The lowest BCUT2D eigenvalue weighted by molar-refractivity contribution is -0.181. The van der Waals surface area contributed by atoms with Gasteiger partial charge in [0.15, 0.2) is 5.60 Å². The van der Waals surface area contributed by atoms with Gasteiger partial charge in [0.1, 0.15) is 0 Å². The minimum Gasteiger partial charge on any atom is -0.479 e. The van der Waals surface area contributed by atoms with Crippen LogP contribution in [0.1, 0.15) is 71.6 Å². The van der Waals surface area contributed by atoms with Gasteiger partial charge in [-0.15, -0.1) is 0 Å². The van der Waals surface area contributed by atoms with E-state index in [0.717, 1.165) is 51.4 Å². The summed E-state index contributed by atoms with van der Waals surface area (Å²) in [5.74, 6) is -0.344. The zero-order valence-corrected chi connectivity index (χ0v) is 14.3. The second-order valence-corrected chi connectivity index (χ2v) is 9.61. The van der Waals surface area contributed by atoms with Crippen molar-refractivity contribution in [2.75, 3.05) is 0 Å². The summed E-state index contributed by atoms with van der Waals surface area (Å²) in [4.78, 5) is 11.7. The molecule has 4 rings (SSSR count). The average Bonchev–Trinajstić information content (AvgIpc) is 2.65. The van der Waals surface area contributed by atoms with Crippen molar-refractivity contribution in [3.63, 3.8) is 0 Å². The summed E-state index contributed by atoms with van der Waals surface area (Å²) in [6.45, 7) is 4.34. The quantitative estimate of drug-likeness (QED) is 0.693. The van der Waals surface area contributed by atoms with Gasteiger partial charge in [-0.1, -0.05) is 13.3 Å². The summed E-state index contributed by atoms with van der Waals surface area (Å²) in [5, 5.41) is 31.3. The standard InChI is InChI=1S/C19H30O4/c1-16-7-3-8-17(2,22)13(16)6-9-18-10-12(4-5-14(16)18)19(23,11-18)15(20)21/h12-14,22-23H,3-11H2,1-2H3,(H,20,21)/t12-,13+,14+,16-,17-,18+,19+/m1/s1. The number of carbonyl (C=O) groups is 1. The van der Waals surface area contributed by atoms with Crippen molar-refractivity contribution in [3.8, 4) is 0 Å². The van der Waals surface area contributed by atoms with Gasteiger partial charge in [0.05, 0.1) is 5.60 Å². The van der Waals surface area contributed by atoms with Crippen LogP contribution in [0.25, 0.3) is 0 Å². The minimum absolute atomic E-state index is 0.0191. The van der Waals surface area contributed by atoms with Gasteiger partial charge in [0.25, 0.3) is 0 Å². The maximum absolute atomic E-state index is 11.7. The third-order valence-electron chi connectivity index (χ3n) is 8.54. The lowest BCUT2D eigenvalue weighted by atomic mass is 9.43. The average molecular weight is 322 g/mol. The molecule has 0 amide bonds. The highest BCUT2D eigenvalue weighted by Gasteiger charge is 2.69. The third kappa shape index (κ3) is 1.88. The van der Waals surface area contributed by atoms with E-state index in [4.69, 9.17) is 0 Å². The van der Waals surface area contributed by atoms with E-state index in [-0.39, 0.29) is 16.7 Å². The maximum atomic E-state index is 11.7. The molecule has 4 aliphatic rings. The van der Waals surface area contributed by atoms with E-state index in [0.29, 0.717) is 18.3 Å². The Morgan fingerprint density at radius 1 is 1.00 bits per heavy atom. The second-order valence-electron chi connectivity index (χ2n) is 9.61. The number of carboxylic acid groups (broad SMARTS) is 1. The van der Waals surface area contributed by atoms with Crippen LogP contribution >= 0.6 is 0 Å². The van der Waals surface area contributed by atoms with Gasteiger partial charge in [-0.05, 0) is 86.9 Å². The van der Waals surface area contributed by atoms with Crippen molar-refractivity contribution in [2.24, 2.45) is 28.6 Å². The Labute approximate surface area is 138 Å². The van der Waals surface area contributed by atoms with Crippen LogP contribution in [0, 0.1) is 28.6 Å². The first kappa shape index (κ1) is 15.9. The Kier molecular flexibility index (Phi) is 3.12. The van der Waals surface area contributed by atoms with Gasteiger partial charge in [-0.2, -0.15) is 0 Å². The van der Waals surface area contributed by atoms with Crippen molar-refractivity contribution in [1.82, 2.24) is 0 Å². The Morgan fingerprint density at radius 3 is 2.43 bits per heavy atom. The van der Waals surface area contributed by atoms with Crippen molar-refractivity contribution in [3.05, 3.63) is 0 Å². The van der Waals surface area contributed by atoms with Gasteiger partial charge in [-0.25, -0.2) is 4.79 Å². The van der Waals surface area contributed by atoms with Crippen LogP contribution in [0.4, 0.5) is 0 Å². The molecule has 4 saturated carbocycles. The summed E-state index contributed by atoms with van der Waals surface area (Å²) < 4.78 is 0. The first-order chi connectivity index (χ1) is 10.6.